The molecule has 0 aliphatic rings. The lowest BCUT2D eigenvalue weighted by molar-refractivity contribution is 0.182. The summed E-state index contributed by atoms with van der Waals surface area (Å²) in [6.07, 6.45) is 3.80. The molecule has 0 saturated carbocycles. The molecule has 0 aliphatic carbocycles. The highest BCUT2D eigenvalue weighted by Gasteiger charge is 2.15. The van der Waals surface area contributed by atoms with E-state index in [1.807, 2.05) is 12.4 Å². The fourth-order valence-electron chi connectivity index (χ4n) is 2.13. The maximum absolute atomic E-state index is 5.25. The Kier molecular flexibility index (Phi) is 6.68. The van der Waals surface area contributed by atoms with Crippen LogP contribution in [0, 0.1) is 0 Å². The molecule has 1 N–H and O–H groups in total. The Balaban J connectivity index is 2.89. The zero-order valence-corrected chi connectivity index (χ0v) is 11.9. The summed E-state index contributed by atoms with van der Waals surface area (Å²) in [5.74, 6) is 0. The van der Waals surface area contributed by atoms with E-state index in [0.717, 1.165) is 26.2 Å². The summed E-state index contributed by atoms with van der Waals surface area (Å²) >= 11 is 0. The van der Waals surface area contributed by atoms with Gasteiger partial charge >= 0.3 is 0 Å². The topological polar surface area (TPSA) is 37.4 Å². The summed E-state index contributed by atoms with van der Waals surface area (Å²) in [6, 6.07) is 2.43. The quantitative estimate of drug-likeness (QED) is 0.767. The SMILES string of the molecule is CCNCc1ccncc1N(CC)C(C)COC. The summed E-state index contributed by atoms with van der Waals surface area (Å²) in [6.45, 7) is 9.99. The first-order valence-electron chi connectivity index (χ1n) is 6.63. The number of methoxy groups -OCH3 is 1. The van der Waals surface area contributed by atoms with Crippen molar-refractivity contribution >= 4 is 5.69 Å². The molecule has 1 aromatic heterocycles. The van der Waals surface area contributed by atoms with Gasteiger partial charge in [0, 0.05) is 32.4 Å². The summed E-state index contributed by atoms with van der Waals surface area (Å²) in [5, 5.41) is 3.37. The molecule has 0 amide bonds. The Morgan fingerprint density at radius 2 is 2.22 bits per heavy atom. The summed E-state index contributed by atoms with van der Waals surface area (Å²) in [4.78, 5) is 6.59. The molecule has 1 atom stereocenters. The van der Waals surface area contributed by atoms with Crippen LogP contribution in [-0.2, 0) is 11.3 Å². The van der Waals surface area contributed by atoms with Crippen molar-refractivity contribution in [2.75, 3.05) is 31.7 Å². The van der Waals surface area contributed by atoms with E-state index in [1.54, 1.807) is 7.11 Å². The van der Waals surface area contributed by atoms with E-state index in [4.69, 9.17) is 4.74 Å². The molecule has 1 rings (SSSR count). The van der Waals surface area contributed by atoms with E-state index in [1.165, 1.54) is 11.3 Å². The second kappa shape index (κ2) is 8.06. The molecule has 1 aromatic rings. The number of nitrogens with zero attached hydrogens (tertiary/aromatic N) is 2. The number of anilines is 1. The molecule has 0 spiro atoms. The highest BCUT2D eigenvalue weighted by atomic mass is 16.5. The minimum Gasteiger partial charge on any atom is -0.383 e. The lowest BCUT2D eigenvalue weighted by atomic mass is 10.1. The Morgan fingerprint density at radius 1 is 1.44 bits per heavy atom. The Labute approximate surface area is 110 Å². The lowest BCUT2D eigenvalue weighted by Crippen LogP contribution is -2.37. The highest BCUT2D eigenvalue weighted by Crippen LogP contribution is 2.21. The molecule has 0 saturated heterocycles. The largest absolute Gasteiger partial charge is 0.383 e. The third kappa shape index (κ3) is 3.96. The van der Waals surface area contributed by atoms with Gasteiger partial charge in [-0.25, -0.2) is 0 Å². The first-order valence-corrected chi connectivity index (χ1v) is 6.63. The highest BCUT2D eigenvalue weighted by molar-refractivity contribution is 5.52. The van der Waals surface area contributed by atoms with Gasteiger partial charge in [0.1, 0.15) is 0 Å². The van der Waals surface area contributed by atoms with Gasteiger partial charge in [-0.15, -0.1) is 0 Å². The van der Waals surface area contributed by atoms with Crippen molar-refractivity contribution in [3.8, 4) is 0 Å². The zero-order valence-electron chi connectivity index (χ0n) is 11.9. The maximum atomic E-state index is 5.25. The second-order valence-electron chi connectivity index (χ2n) is 4.38. The van der Waals surface area contributed by atoms with E-state index in [0.29, 0.717) is 6.04 Å². The third-order valence-electron chi connectivity index (χ3n) is 3.04. The average molecular weight is 251 g/mol. The molecule has 0 radical (unpaired) electrons. The minimum atomic E-state index is 0.351. The van der Waals surface area contributed by atoms with Crippen LogP contribution in [0.15, 0.2) is 18.5 Å². The van der Waals surface area contributed by atoms with Crippen LogP contribution >= 0.6 is 0 Å². The molecule has 0 fully saturated rings. The first-order chi connectivity index (χ1) is 8.74. The van der Waals surface area contributed by atoms with Crippen LogP contribution in [0.1, 0.15) is 26.3 Å². The van der Waals surface area contributed by atoms with Crippen molar-refractivity contribution in [3.05, 3.63) is 24.0 Å². The summed E-state index contributed by atoms with van der Waals surface area (Å²) in [5.41, 5.74) is 2.49. The van der Waals surface area contributed by atoms with Crippen molar-refractivity contribution in [2.45, 2.75) is 33.4 Å². The van der Waals surface area contributed by atoms with Gasteiger partial charge in [0.15, 0.2) is 0 Å². The van der Waals surface area contributed by atoms with Crippen molar-refractivity contribution in [1.29, 1.82) is 0 Å². The molecule has 4 heteroatoms. The van der Waals surface area contributed by atoms with E-state index >= 15 is 0 Å². The number of aromatic nitrogens is 1. The predicted octanol–water partition coefficient (Wildman–Crippen LogP) is 2.05. The van der Waals surface area contributed by atoms with Crippen LogP contribution in [-0.4, -0.2) is 37.8 Å². The molecule has 18 heavy (non-hydrogen) atoms. The van der Waals surface area contributed by atoms with Gasteiger partial charge in [0.25, 0.3) is 0 Å². The fourth-order valence-corrected chi connectivity index (χ4v) is 2.13. The molecular weight excluding hydrogens is 226 g/mol. The normalized spacial score (nSPS) is 12.4. The lowest BCUT2D eigenvalue weighted by Gasteiger charge is -2.31. The number of rotatable bonds is 8. The second-order valence-corrected chi connectivity index (χ2v) is 4.38. The monoisotopic (exact) mass is 251 g/mol. The molecule has 4 nitrogen and oxygen atoms in total. The summed E-state index contributed by atoms with van der Waals surface area (Å²) < 4.78 is 5.25. The number of nitrogens with one attached hydrogen (secondary N) is 1. The summed E-state index contributed by atoms with van der Waals surface area (Å²) in [7, 11) is 1.74. The van der Waals surface area contributed by atoms with Crippen LogP contribution in [0.2, 0.25) is 0 Å². The van der Waals surface area contributed by atoms with Crippen LogP contribution in [0.3, 0.4) is 0 Å². The molecule has 0 aromatic carbocycles. The predicted molar refractivity (Wildman–Crippen MR) is 76.0 cm³/mol. The Bertz CT molecular complexity index is 344. The number of hydrogen-bond acceptors (Lipinski definition) is 4. The number of ether oxygens (including phenoxy) is 1. The van der Waals surface area contributed by atoms with Gasteiger partial charge in [0.2, 0.25) is 0 Å². The number of hydrogen-bond donors (Lipinski definition) is 1. The molecule has 1 heterocycles. The van der Waals surface area contributed by atoms with Gasteiger partial charge in [-0.3, -0.25) is 4.98 Å². The number of pyridine rings is 1. The maximum Gasteiger partial charge on any atom is 0.0663 e. The van der Waals surface area contributed by atoms with Crippen LogP contribution in [0.4, 0.5) is 5.69 Å². The minimum absolute atomic E-state index is 0.351. The van der Waals surface area contributed by atoms with Crippen molar-refractivity contribution in [3.63, 3.8) is 0 Å². The Hall–Kier alpha value is -1.13. The van der Waals surface area contributed by atoms with Crippen LogP contribution in [0.25, 0.3) is 0 Å². The van der Waals surface area contributed by atoms with Crippen molar-refractivity contribution in [2.24, 2.45) is 0 Å². The zero-order chi connectivity index (χ0) is 13.4. The number of likely N-dealkylation sites (N-methyl/N-ethyl adjacent to an activating group) is 1. The third-order valence-corrected chi connectivity index (χ3v) is 3.04. The van der Waals surface area contributed by atoms with Gasteiger partial charge in [0.05, 0.1) is 18.5 Å². The van der Waals surface area contributed by atoms with Crippen molar-refractivity contribution in [1.82, 2.24) is 10.3 Å². The van der Waals surface area contributed by atoms with E-state index < -0.39 is 0 Å². The molecule has 0 aliphatic heterocycles. The van der Waals surface area contributed by atoms with Crippen LogP contribution in [0.5, 0.6) is 0 Å². The molecule has 1 unspecified atom stereocenters. The first kappa shape index (κ1) is 14.9. The smallest absolute Gasteiger partial charge is 0.0663 e. The van der Waals surface area contributed by atoms with Crippen molar-refractivity contribution < 1.29 is 4.74 Å². The molecular formula is C14H25N3O. The molecule has 0 bridgehead atoms. The van der Waals surface area contributed by atoms with Gasteiger partial charge < -0.3 is 15.0 Å². The van der Waals surface area contributed by atoms with E-state index in [-0.39, 0.29) is 0 Å². The molecule has 102 valence electrons. The fraction of sp³-hybridized carbons (Fsp3) is 0.643. The van der Waals surface area contributed by atoms with E-state index in [9.17, 15) is 0 Å². The van der Waals surface area contributed by atoms with Gasteiger partial charge in [-0.1, -0.05) is 6.92 Å². The standard InChI is InChI=1S/C14H25N3O/c1-5-15-9-13-7-8-16-10-14(13)17(6-2)12(3)11-18-4/h7-8,10,12,15H,5-6,9,11H2,1-4H3. The van der Waals surface area contributed by atoms with Gasteiger partial charge in [-0.2, -0.15) is 0 Å². The Morgan fingerprint density at radius 3 is 2.83 bits per heavy atom. The van der Waals surface area contributed by atoms with Crippen LogP contribution < -0.4 is 10.2 Å². The average Bonchev–Trinajstić information content (AvgIpc) is 2.39. The van der Waals surface area contributed by atoms with Gasteiger partial charge in [-0.05, 0) is 32.0 Å². The van der Waals surface area contributed by atoms with E-state index in [2.05, 4.69) is 42.0 Å².